The van der Waals surface area contributed by atoms with Gasteiger partial charge >= 0.3 is 0 Å². The molecule has 0 spiro atoms. The van der Waals surface area contributed by atoms with Crippen molar-refractivity contribution in [1.29, 1.82) is 0 Å². The van der Waals surface area contributed by atoms with E-state index in [1.54, 1.807) is 0 Å². The fraction of sp³-hybridized carbons (Fsp3) is 0. The first kappa shape index (κ1) is 35.8. The number of nitrogens with zero attached hydrogens (tertiary/aromatic N) is 4. The van der Waals surface area contributed by atoms with Gasteiger partial charge in [0, 0.05) is 69.2 Å². The Kier molecular flexibility index (Phi) is 7.28. The Hall–Kier alpha value is -8.65. The molecule has 5 aromatic heterocycles. The number of aromatic nitrogens is 4. The average molecular weight is 861 g/mol. The minimum atomic E-state index is 0.570. The number of furan rings is 2. The fourth-order valence-corrected chi connectivity index (χ4v) is 11.6. The molecule has 0 aliphatic rings. The molecule has 66 heavy (non-hydrogen) atoms. The summed E-state index contributed by atoms with van der Waals surface area (Å²) in [6.07, 6.45) is 0. The molecule has 0 saturated carbocycles. The average Bonchev–Trinajstić information content (AvgIpc) is 4.13. The predicted octanol–water partition coefficient (Wildman–Crippen LogP) is 16.4. The molecule has 0 radical (unpaired) electrons. The van der Waals surface area contributed by atoms with E-state index in [2.05, 4.69) is 150 Å². The molecule has 0 atom stereocenters. The molecule has 15 aromatic rings. The number of rotatable bonds is 4. The molecule has 5 heterocycles. The lowest BCUT2D eigenvalue weighted by Crippen LogP contribution is -2.04. The van der Waals surface area contributed by atoms with Crippen LogP contribution in [0.1, 0.15) is 0 Å². The van der Waals surface area contributed by atoms with Crippen LogP contribution in [0, 0.1) is 0 Å². The van der Waals surface area contributed by atoms with Crippen molar-refractivity contribution in [3.05, 3.63) is 194 Å². The molecule has 0 unspecified atom stereocenters. The first-order valence-corrected chi connectivity index (χ1v) is 22.9. The lowest BCUT2D eigenvalue weighted by Gasteiger charge is -2.16. The van der Waals surface area contributed by atoms with E-state index in [0.29, 0.717) is 17.5 Å². The summed E-state index contributed by atoms with van der Waals surface area (Å²) >= 11 is 1.82. The number of fused-ring (bicyclic) bond motifs is 15. The fourth-order valence-electron chi connectivity index (χ4n) is 10.3. The van der Waals surface area contributed by atoms with Gasteiger partial charge in [0.25, 0.3) is 0 Å². The summed E-state index contributed by atoms with van der Waals surface area (Å²) in [4.78, 5) is 16.3. The first-order chi connectivity index (χ1) is 32.7. The number of thiophene rings is 1. The zero-order valence-electron chi connectivity index (χ0n) is 35.0. The minimum absolute atomic E-state index is 0.570. The van der Waals surface area contributed by atoms with Crippen molar-refractivity contribution in [1.82, 2.24) is 19.5 Å². The molecule has 306 valence electrons. The van der Waals surface area contributed by atoms with Gasteiger partial charge in [-0.15, -0.1) is 11.3 Å². The standard InChI is InChI=1S/C59H32N4O2S/c1-2-13-35-30-49-43(27-34(35)12-1)39-15-5-8-18-48(39)63(49)50-31-46-42-24-21-33-11-3-4-14-38(33)56(42)66-55(46)32-47(50)59-61-57(36-22-25-53-44(28-36)40-16-6-9-19-51(40)64-53)60-58(62-59)37-23-26-54-45(29-37)41-17-7-10-20-52(41)65-54/h1-32H. The van der Waals surface area contributed by atoms with Crippen molar-refractivity contribution in [2.24, 2.45) is 0 Å². The highest BCUT2D eigenvalue weighted by atomic mass is 32.1. The largest absolute Gasteiger partial charge is 0.456 e. The second-order valence-electron chi connectivity index (χ2n) is 17.1. The van der Waals surface area contributed by atoms with Gasteiger partial charge in [0.2, 0.25) is 0 Å². The van der Waals surface area contributed by atoms with Gasteiger partial charge in [-0.1, -0.05) is 115 Å². The normalized spacial score (nSPS) is 12.2. The van der Waals surface area contributed by atoms with Gasteiger partial charge in [0.15, 0.2) is 17.5 Å². The number of hydrogen-bond acceptors (Lipinski definition) is 6. The van der Waals surface area contributed by atoms with E-state index in [0.717, 1.165) is 82.0 Å². The molecule has 0 bridgehead atoms. The van der Waals surface area contributed by atoms with Crippen LogP contribution in [0.25, 0.3) is 147 Å². The third kappa shape index (κ3) is 5.20. The summed E-state index contributed by atoms with van der Waals surface area (Å²) in [6, 6.07) is 68.7. The quantitative estimate of drug-likeness (QED) is 0.176. The summed E-state index contributed by atoms with van der Waals surface area (Å²) in [6.45, 7) is 0. The number of benzene rings is 10. The Morgan fingerprint density at radius 1 is 0.348 bits per heavy atom. The molecule has 0 aliphatic heterocycles. The highest BCUT2D eigenvalue weighted by molar-refractivity contribution is 7.26. The van der Waals surface area contributed by atoms with E-state index in [1.165, 1.54) is 47.8 Å². The van der Waals surface area contributed by atoms with Crippen molar-refractivity contribution in [2.75, 3.05) is 0 Å². The van der Waals surface area contributed by atoms with E-state index >= 15 is 0 Å². The van der Waals surface area contributed by atoms with Gasteiger partial charge in [0.1, 0.15) is 22.3 Å². The predicted molar refractivity (Wildman–Crippen MR) is 273 cm³/mol. The minimum Gasteiger partial charge on any atom is -0.456 e. The van der Waals surface area contributed by atoms with E-state index < -0.39 is 0 Å². The zero-order valence-corrected chi connectivity index (χ0v) is 35.8. The van der Waals surface area contributed by atoms with Gasteiger partial charge in [-0.05, 0) is 100 Å². The van der Waals surface area contributed by atoms with Crippen molar-refractivity contribution >= 4 is 119 Å². The lowest BCUT2D eigenvalue weighted by atomic mass is 10.0. The Bertz CT molecular complexity index is 4420. The van der Waals surface area contributed by atoms with Crippen LogP contribution in [0.15, 0.2) is 203 Å². The Balaban J connectivity index is 1.06. The van der Waals surface area contributed by atoms with Gasteiger partial charge in [-0.2, -0.15) is 0 Å². The molecular formula is C59H32N4O2S. The molecule has 0 amide bonds. The van der Waals surface area contributed by atoms with Crippen molar-refractivity contribution in [3.63, 3.8) is 0 Å². The smallest absolute Gasteiger partial charge is 0.166 e. The monoisotopic (exact) mass is 860 g/mol. The molecule has 6 nitrogen and oxygen atoms in total. The number of para-hydroxylation sites is 3. The summed E-state index contributed by atoms with van der Waals surface area (Å²) in [5.41, 5.74) is 9.18. The highest BCUT2D eigenvalue weighted by Gasteiger charge is 2.23. The Morgan fingerprint density at radius 2 is 0.909 bits per heavy atom. The molecular weight excluding hydrogens is 829 g/mol. The van der Waals surface area contributed by atoms with Crippen LogP contribution < -0.4 is 0 Å². The number of hydrogen-bond donors (Lipinski definition) is 0. The van der Waals surface area contributed by atoms with Crippen LogP contribution in [0.3, 0.4) is 0 Å². The Morgan fingerprint density at radius 3 is 1.61 bits per heavy atom. The molecule has 15 rings (SSSR count). The van der Waals surface area contributed by atoms with Crippen LogP contribution in [-0.2, 0) is 0 Å². The molecule has 0 fully saturated rings. The third-order valence-electron chi connectivity index (χ3n) is 13.4. The van der Waals surface area contributed by atoms with E-state index in [1.807, 2.05) is 59.9 Å². The van der Waals surface area contributed by atoms with Gasteiger partial charge in [-0.3, -0.25) is 0 Å². The van der Waals surface area contributed by atoms with Crippen molar-refractivity contribution < 1.29 is 8.83 Å². The van der Waals surface area contributed by atoms with Crippen molar-refractivity contribution in [2.45, 2.75) is 0 Å². The van der Waals surface area contributed by atoms with Crippen LogP contribution in [-0.4, -0.2) is 19.5 Å². The van der Waals surface area contributed by atoms with Crippen LogP contribution in [0.5, 0.6) is 0 Å². The third-order valence-corrected chi connectivity index (χ3v) is 14.6. The second kappa shape index (κ2) is 13.4. The summed E-state index contributed by atoms with van der Waals surface area (Å²) in [7, 11) is 0. The molecule has 0 aliphatic carbocycles. The second-order valence-corrected chi connectivity index (χ2v) is 18.2. The van der Waals surface area contributed by atoms with E-state index in [-0.39, 0.29) is 0 Å². The van der Waals surface area contributed by atoms with Crippen LogP contribution >= 0.6 is 11.3 Å². The summed E-state index contributed by atoms with van der Waals surface area (Å²) in [5.74, 6) is 1.72. The van der Waals surface area contributed by atoms with E-state index in [4.69, 9.17) is 23.8 Å². The topological polar surface area (TPSA) is 69.9 Å². The summed E-state index contributed by atoms with van der Waals surface area (Å²) < 4.78 is 17.4. The zero-order chi connectivity index (χ0) is 43.0. The maximum atomic E-state index is 6.28. The lowest BCUT2D eigenvalue weighted by molar-refractivity contribution is 0.668. The summed E-state index contributed by atoms with van der Waals surface area (Å²) in [5, 5.41) is 13.8. The molecule has 7 heteroatoms. The first-order valence-electron chi connectivity index (χ1n) is 22.1. The van der Waals surface area contributed by atoms with Crippen LogP contribution in [0.4, 0.5) is 0 Å². The maximum Gasteiger partial charge on any atom is 0.166 e. The maximum absolute atomic E-state index is 6.28. The molecule has 0 N–H and O–H groups in total. The SMILES string of the molecule is c1ccc2cc3c(cc2c1)c1ccccc1n3-c1cc2c(cc1-c1nc(-c3ccc4oc5ccccc5c4c3)nc(-c3ccc4oc5ccccc5c4c3)n1)sc1c3ccccc3ccc21. The van der Waals surface area contributed by atoms with Gasteiger partial charge < -0.3 is 13.4 Å². The molecule has 0 saturated heterocycles. The van der Waals surface area contributed by atoms with Crippen molar-refractivity contribution in [3.8, 4) is 39.9 Å². The van der Waals surface area contributed by atoms with Gasteiger partial charge in [-0.25, -0.2) is 15.0 Å². The highest BCUT2D eigenvalue weighted by Crippen LogP contribution is 2.45. The molecule has 10 aromatic carbocycles. The Labute approximate surface area is 379 Å². The van der Waals surface area contributed by atoms with E-state index in [9.17, 15) is 0 Å². The van der Waals surface area contributed by atoms with Crippen LogP contribution in [0.2, 0.25) is 0 Å². The van der Waals surface area contributed by atoms with Gasteiger partial charge in [0.05, 0.1) is 16.7 Å².